The van der Waals surface area contributed by atoms with Crippen LogP contribution in [0.15, 0.2) is 65.6 Å². The average Bonchev–Trinajstić information content (AvgIpc) is 2.97. The number of hydrogen-bond donors (Lipinski definition) is 4. The minimum Gasteiger partial charge on any atom is -0.507 e. The van der Waals surface area contributed by atoms with Crippen LogP contribution in [-0.4, -0.2) is 49.2 Å². The highest BCUT2D eigenvalue weighted by Gasteiger charge is 2.41. The Balaban J connectivity index is 1.69. The molecule has 196 valence electrons. The maximum absolute atomic E-state index is 11.8. The molecule has 1 heterocycles. The van der Waals surface area contributed by atoms with E-state index < -0.39 is 16.7 Å². The molecule has 3 aromatic carbocycles. The number of nitrogens with zero attached hydrogens (tertiary/aromatic N) is 2. The van der Waals surface area contributed by atoms with E-state index in [4.69, 9.17) is 11.6 Å². The first-order valence-electron chi connectivity index (χ1n) is 12.4. The SMILES string of the molecule is CN1C(C2CCCCC2)CN(c2ccccc2)c2cc(Cl)c(-c3ccc(O)c(C(=O)O)c3)cc2S1(O)O. The minimum atomic E-state index is -3.41. The zero-order valence-corrected chi connectivity index (χ0v) is 22.1. The zero-order valence-electron chi connectivity index (χ0n) is 20.5. The number of likely N-dealkylation sites (N-methyl/N-ethyl adjacent to an activating group) is 1. The molecule has 0 aromatic heterocycles. The van der Waals surface area contributed by atoms with Crippen molar-refractivity contribution in [2.45, 2.75) is 43.0 Å². The van der Waals surface area contributed by atoms with Gasteiger partial charge in [-0.25, -0.2) is 4.79 Å². The van der Waals surface area contributed by atoms with E-state index in [-0.39, 0.29) is 17.4 Å². The summed E-state index contributed by atoms with van der Waals surface area (Å²) in [6.45, 7) is 0.575. The average molecular weight is 543 g/mol. The van der Waals surface area contributed by atoms with Crippen molar-refractivity contribution in [3.05, 3.63) is 71.2 Å². The number of anilines is 2. The maximum atomic E-state index is 11.8. The number of phenols is 1. The van der Waals surface area contributed by atoms with Crippen molar-refractivity contribution in [2.75, 3.05) is 18.5 Å². The van der Waals surface area contributed by atoms with E-state index in [0.717, 1.165) is 31.4 Å². The van der Waals surface area contributed by atoms with Crippen molar-refractivity contribution in [3.63, 3.8) is 0 Å². The Labute approximate surface area is 223 Å². The first-order valence-corrected chi connectivity index (χ1v) is 14.3. The molecular formula is C28H31ClN2O5S. The predicted octanol–water partition coefficient (Wildman–Crippen LogP) is 7.47. The Kier molecular flexibility index (Phi) is 7.13. The minimum absolute atomic E-state index is 0.0904. The lowest BCUT2D eigenvalue weighted by molar-refractivity contribution is 0.0693. The number of benzene rings is 3. The summed E-state index contributed by atoms with van der Waals surface area (Å²) in [5.74, 6) is -1.29. The topological polar surface area (TPSA) is 104 Å². The fourth-order valence-electron chi connectivity index (χ4n) is 5.63. The lowest BCUT2D eigenvalue weighted by atomic mass is 9.83. The summed E-state index contributed by atoms with van der Waals surface area (Å²) in [4.78, 5) is 14.1. The number of rotatable bonds is 4. The molecule has 1 atom stereocenters. The van der Waals surface area contributed by atoms with Gasteiger partial charge >= 0.3 is 5.97 Å². The van der Waals surface area contributed by atoms with E-state index in [1.165, 1.54) is 18.6 Å². The molecule has 0 saturated heterocycles. The Morgan fingerprint density at radius 1 is 1.00 bits per heavy atom. The molecule has 1 saturated carbocycles. The Bertz CT molecular complexity index is 1310. The molecule has 1 fully saturated rings. The number of carboxylic acid groups (broad SMARTS) is 1. The van der Waals surface area contributed by atoms with Crippen molar-refractivity contribution >= 4 is 39.7 Å². The Morgan fingerprint density at radius 3 is 2.38 bits per heavy atom. The van der Waals surface area contributed by atoms with Crippen molar-refractivity contribution < 1.29 is 24.1 Å². The number of para-hydroxylation sites is 1. The van der Waals surface area contributed by atoms with Crippen molar-refractivity contribution in [1.29, 1.82) is 0 Å². The summed E-state index contributed by atoms with van der Waals surface area (Å²) in [5, 5.41) is 19.8. The van der Waals surface area contributed by atoms with E-state index in [1.807, 2.05) is 30.3 Å². The summed E-state index contributed by atoms with van der Waals surface area (Å²) in [7, 11) is -1.63. The van der Waals surface area contributed by atoms with Crippen molar-refractivity contribution in [3.8, 4) is 16.9 Å². The van der Waals surface area contributed by atoms with Gasteiger partial charge in [-0.2, -0.15) is 4.31 Å². The highest BCUT2D eigenvalue weighted by molar-refractivity contribution is 8.22. The van der Waals surface area contributed by atoms with Gasteiger partial charge in [-0.05, 0) is 60.7 Å². The number of aromatic carboxylic acids is 1. The van der Waals surface area contributed by atoms with Gasteiger partial charge in [0, 0.05) is 30.9 Å². The number of fused-ring (bicyclic) bond motifs is 1. The second-order valence-corrected chi connectivity index (χ2v) is 12.3. The fraction of sp³-hybridized carbons (Fsp3) is 0.321. The molecule has 1 aliphatic heterocycles. The summed E-state index contributed by atoms with van der Waals surface area (Å²) in [6.07, 6.45) is 5.56. The van der Waals surface area contributed by atoms with Gasteiger partial charge in [-0.1, -0.05) is 55.1 Å². The number of hydrogen-bond acceptors (Lipinski definition) is 6. The quantitative estimate of drug-likeness (QED) is 0.271. The third-order valence-corrected chi connectivity index (χ3v) is 9.98. The monoisotopic (exact) mass is 542 g/mol. The van der Waals surface area contributed by atoms with Gasteiger partial charge in [-0.15, -0.1) is 10.8 Å². The lowest BCUT2D eigenvalue weighted by Gasteiger charge is -2.46. The zero-order chi connectivity index (χ0) is 26.3. The molecule has 3 aromatic rings. The molecule has 37 heavy (non-hydrogen) atoms. The summed E-state index contributed by atoms with van der Waals surface area (Å²) < 4.78 is 25.2. The van der Waals surface area contributed by atoms with Crippen LogP contribution in [0.4, 0.5) is 11.4 Å². The van der Waals surface area contributed by atoms with Gasteiger partial charge in [-0.3, -0.25) is 9.11 Å². The molecule has 1 unspecified atom stereocenters. The number of carbonyl (C=O) groups is 1. The Hall–Kier alpha value is -2.75. The van der Waals surface area contributed by atoms with Crippen LogP contribution in [-0.2, 0) is 0 Å². The molecule has 2 aliphatic rings. The smallest absolute Gasteiger partial charge is 0.339 e. The maximum Gasteiger partial charge on any atom is 0.339 e. The van der Waals surface area contributed by atoms with Crippen LogP contribution in [0.3, 0.4) is 0 Å². The van der Waals surface area contributed by atoms with E-state index in [2.05, 4.69) is 4.90 Å². The summed E-state index contributed by atoms with van der Waals surface area (Å²) in [6, 6.07) is 17.4. The van der Waals surface area contributed by atoms with Crippen molar-refractivity contribution in [1.82, 2.24) is 4.31 Å². The van der Waals surface area contributed by atoms with E-state index in [9.17, 15) is 24.1 Å². The first kappa shape index (κ1) is 25.9. The molecule has 0 amide bonds. The number of halogens is 1. The van der Waals surface area contributed by atoms with Gasteiger partial charge in [0.15, 0.2) is 0 Å². The van der Waals surface area contributed by atoms with Gasteiger partial charge < -0.3 is 15.1 Å². The molecular weight excluding hydrogens is 512 g/mol. The van der Waals surface area contributed by atoms with Gasteiger partial charge in [0.05, 0.1) is 15.6 Å². The van der Waals surface area contributed by atoms with Crippen molar-refractivity contribution in [2.24, 2.45) is 5.92 Å². The second-order valence-electron chi connectivity index (χ2n) is 9.81. The number of carboxylic acids is 1. The van der Waals surface area contributed by atoms with Crippen LogP contribution in [0.1, 0.15) is 42.5 Å². The van der Waals surface area contributed by atoms with Crippen LogP contribution in [0.2, 0.25) is 5.02 Å². The molecule has 5 rings (SSSR count). The van der Waals surface area contributed by atoms with Crippen LogP contribution < -0.4 is 4.90 Å². The molecule has 7 nitrogen and oxygen atoms in total. The first-order chi connectivity index (χ1) is 17.7. The van der Waals surface area contributed by atoms with Crippen LogP contribution in [0.25, 0.3) is 11.1 Å². The molecule has 1 aliphatic carbocycles. The van der Waals surface area contributed by atoms with Gasteiger partial charge in [0.25, 0.3) is 0 Å². The summed E-state index contributed by atoms with van der Waals surface area (Å²) >= 11 is 6.78. The van der Waals surface area contributed by atoms with Crippen LogP contribution in [0.5, 0.6) is 5.75 Å². The predicted molar refractivity (Wildman–Crippen MR) is 148 cm³/mol. The fourth-order valence-corrected chi connectivity index (χ4v) is 7.55. The number of aromatic hydroxyl groups is 1. The molecule has 0 bridgehead atoms. The van der Waals surface area contributed by atoms with Crippen LogP contribution in [0, 0.1) is 5.92 Å². The second kappa shape index (κ2) is 10.2. The third-order valence-electron chi connectivity index (χ3n) is 7.67. The molecule has 0 radical (unpaired) electrons. The highest BCUT2D eigenvalue weighted by Crippen LogP contribution is 2.60. The largest absolute Gasteiger partial charge is 0.507 e. The van der Waals surface area contributed by atoms with Gasteiger partial charge in [0.2, 0.25) is 0 Å². The highest BCUT2D eigenvalue weighted by atomic mass is 35.5. The molecule has 0 spiro atoms. The molecule has 9 heteroatoms. The van der Waals surface area contributed by atoms with Gasteiger partial charge in [0.1, 0.15) is 11.3 Å². The van der Waals surface area contributed by atoms with E-state index in [1.54, 1.807) is 29.6 Å². The summed E-state index contributed by atoms with van der Waals surface area (Å²) in [5.41, 5.74) is 2.20. The normalized spacial score (nSPS) is 21.2. The lowest BCUT2D eigenvalue weighted by Crippen LogP contribution is -2.45. The van der Waals surface area contributed by atoms with E-state index in [0.29, 0.717) is 39.2 Å². The molecule has 4 N–H and O–H groups in total. The van der Waals surface area contributed by atoms with Crippen LogP contribution >= 0.6 is 22.4 Å². The Morgan fingerprint density at radius 2 is 1.70 bits per heavy atom. The third kappa shape index (κ3) is 4.80. The standard InChI is InChI=1S/C28H31ClN2O5S/c1-30-25(18-8-4-2-5-9-18)17-31(20-10-6-3-7-11-20)24-16-23(29)21(15-27(24)37(30,35)36)19-12-13-26(32)22(14-19)28(33)34/h3,6-7,10-16,18,25,32,35-36H,2,4-5,8-9,17H2,1H3,(H,33,34). The van der Waals surface area contributed by atoms with E-state index >= 15 is 0 Å².